The van der Waals surface area contributed by atoms with E-state index in [4.69, 9.17) is 44.6 Å². The summed E-state index contributed by atoms with van der Waals surface area (Å²) in [6.07, 6.45) is 15.8. The highest BCUT2D eigenvalue weighted by molar-refractivity contribution is 6.31. The van der Waals surface area contributed by atoms with E-state index in [1.165, 1.54) is 61.0 Å². The number of aromatic nitrogens is 4. The van der Waals surface area contributed by atoms with Gasteiger partial charge < -0.3 is 21.7 Å². The molecule has 5 N–H and O–H groups in total. The van der Waals surface area contributed by atoms with Gasteiger partial charge in [-0.25, -0.2) is 19.9 Å². The Morgan fingerprint density at radius 3 is 1.41 bits per heavy atom. The van der Waals surface area contributed by atoms with Crippen LogP contribution in [0.15, 0.2) is 109 Å². The van der Waals surface area contributed by atoms with Gasteiger partial charge in [0.05, 0.1) is 32.3 Å². The highest BCUT2D eigenvalue weighted by Gasteiger charge is 2.51. The summed E-state index contributed by atoms with van der Waals surface area (Å²) >= 11 is 12.9. The lowest BCUT2D eigenvalue weighted by molar-refractivity contribution is -0.121. The Bertz CT molecular complexity index is 2740. The van der Waals surface area contributed by atoms with Crippen LogP contribution in [0.25, 0.3) is 0 Å². The zero-order chi connectivity index (χ0) is 48.0. The first-order valence-electron chi connectivity index (χ1n) is 24.8. The SMILES string of the molecule is CN1CCC(c2ccc(Cc3ncc(Cl)c(CCc4ccccc4C4(C(N)=O)CC4)n3)cc2)CC1.NC(=O)C1(c2ccccc2CCc2nc(Cc3ccc(C4CCNCC4)cc3)ncc2Cl)CC1. The first kappa shape index (κ1) is 48.5. The van der Waals surface area contributed by atoms with Crippen LogP contribution in [0.1, 0.15) is 131 Å². The number of carbonyl (C=O) groups is 2. The van der Waals surface area contributed by atoms with Crippen LogP contribution < -0.4 is 16.8 Å². The van der Waals surface area contributed by atoms with E-state index in [0.29, 0.717) is 47.6 Å². The van der Waals surface area contributed by atoms with Crippen molar-refractivity contribution in [2.24, 2.45) is 11.5 Å². The van der Waals surface area contributed by atoms with Crippen LogP contribution in [-0.2, 0) is 58.9 Å². The summed E-state index contributed by atoms with van der Waals surface area (Å²) in [5.74, 6) is 2.41. The first-order valence-corrected chi connectivity index (χ1v) is 25.6. The second-order valence-corrected chi connectivity index (χ2v) is 20.6. The molecule has 10 nitrogen and oxygen atoms in total. The molecule has 12 heteroatoms. The third-order valence-electron chi connectivity index (χ3n) is 15.2. The fourth-order valence-corrected chi connectivity index (χ4v) is 10.9. The summed E-state index contributed by atoms with van der Waals surface area (Å²) < 4.78 is 0. The summed E-state index contributed by atoms with van der Waals surface area (Å²) in [6, 6.07) is 34.1. The predicted octanol–water partition coefficient (Wildman–Crippen LogP) is 9.32. The average molecular weight is 964 g/mol. The standard InChI is InChI=1S/C29H33ClN4O.C28H31ClN4O/c1-34-16-12-22(13-17-34)21-8-6-20(7-9-21)18-27-32-19-25(30)26(33-27)11-10-23-4-2-3-5-24(23)29(14-15-29)28(31)35;29-24-18-32-26(17-19-5-7-20(8-6-19)21-11-15-31-16-12-21)33-25(24)10-9-22-3-1-2-4-23(22)28(13-14-28)27(30)34/h2-9,19,22H,10-18H2,1H3,(H2,31,35);1-8,18,21,31H,9-17H2,(H2,30,34). The van der Waals surface area contributed by atoms with E-state index in [1.807, 2.05) is 36.4 Å². The molecule has 358 valence electrons. The van der Waals surface area contributed by atoms with Crippen molar-refractivity contribution in [2.45, 2.75) is 113 Å². The van der Waals surface area contributed by atoms with Crippen LogP contribution in [0.4, 0.5) is 0 Å². The lowest BCUT2D eigenvalue weighted by Gasteiger charge is -2.29. The minimum Gasteiger partial charge on any atom is -0.369 e. The number of halogens is 2. The molecule has 2 saturated heterocycles. The maximum absolute atomic E-state index is 12.1. The van der Waals surface area contributed by atoms with Gasteiger partial charge in [-0.1, -0.05) is 120 Å². The van der Waals surface area contributed by atoms with Gasteiger partial charge in [-0.3, -0.25) is 9.59 Å². The van der Waals surface area contributed by atoms with Crippen LogP contribution in [-0.4, -0.2) is 69.9 Å². The Hall–Kier alpha value is -5.52. The van der Waals surface area contributed by atoms with Crippen molar-refractivity contribution < 1.29 is 9.59 Å². The molecule has 0 unspecified atom stereocenters. The van der Waals surface area contributed by atoms with Gasteiger partial charge in [-0.15, -0.1) is 0 Å². The van der Waals surface area contributed by atoms with E-state index in [1.54, 1.807) is 12.4 Å². The van der Waals surface area contributed by atoms with Crippen molar-refractivity contribution in [1.29, 1.82) is 0 Å². The Morgan fingerprint density at radius 2 is 1.00 bits per heavy atom. The van der Waals surface area contributed by atoms with Crippen LogP contribution in [0.5, 0.6) is 0 Å². The topological polar surface area (TPSA) is 153 Å². The number of nitrogens with zero attached hydrogens (tertiary/aromatic N) is 5. The summed E-state index contributed by atoms with van der Waals surface area (Å²) in [6.45, 7) is 4.53. The van der Waals surface area contributed by atoms with Gasteiger partial charge in [-0.2, -0.15) is 0 Å². The number of carbonyl (C=O) groups excluding carboxylic acids is 2. The largest absolute Gasteiger partial charge is 0.369 e. The number of hydrogen-bond acceptors (Lipinski definition) is 8. The lowest BCUT2D eigenvalue weighted by atomic mass is 9.88. The van der Waals surface area contributed by atoms with Crippen molar-refractivity contribution in [1.82, 2.24) is 30.2 Å². The maximum atomic E-state index is 12.1. The van der Waals surface area contributed by atoms with Crippen LogP contribution >= 0.6 is 23.2 Å². The molecular formula is C57H64Cl2N8O2. The molecule has 10 rings (SSSR count). The maximum Gasteiger partial charge on any atom is 0.228 e. The smallest absolute Gasteiger partial charge is 0.228 e. The average Bonchev–Trinajstić information content (AvgIpc) is 4.32. The van der Waals surface area contributed by atoms with E-state index in [9.17, 15) is 9.59 Å². The summed E-state index contributed by atoms with van der Waals surface area (Å²) in [5.41, 5.74) is 21.8. The number of rotatable bonds is 16. The minimum absolute atomic E-state index is 0.228. The van der Waals surface area contributed by atoms with Gasteiger partial charge in [0.25, 0.3) is 0 Å². The second-order valence-electron chi connectivity index (χ2n) is 19.8. The van der Waals surface area contributed by atoms with Gasteiger partial charge >= 0.3 is 0 Å². The monoisotopic (exact) mass is 962 g/mol. The fourth-order valence-electron chi connectivity index (χ4n) is 10.5. The molecule has 4 aliphatic rings. The fraction of sp³-hybridized carbons (Fsp3) is 0.404. The molecule has 69 heavy (non-hydrogen) atoms. The number of piperidine rings is 2. The molecular weight excluding hydrogens is 900 g/mol. The molecule has 2 aliphatic carbocycles. The summed E-state index contributed by atoms with van der Waals surface area (Å²) in [4.78, 5) is 45.1. The highest BCUT2D eigenvalue weighted by atomic mass is 35.5. The second kappa shape index (κ2) is 21.6. The van der Waals surface area contributed by atoms with E-state index in [2.05, 4.69) is 87.9 Å². The van der Waals surface area contributed by atoms with Gasteiger partial charge in [0, 0.05) is 25.2 Å². The highest BCUT2D eigenvalue weighted by Crippen LogP contribution is 2.50. The molecule has 2 aromatic heterocycles. The van der Waals surface area contributed by atoms with Crippen molar-refractivity contribution in [3.05, 3.63) is 187 Å². The van der Waals surface area contributed by atoms with Crippen molar-refractivity contribution in [3.63, 3.8) is 0 Å². The predicted molar refractivity (Wildman–Crippen MR) is 275 cm³/mol. The number of aryl methyl sites for hydroxylation is 4. The first-order chi connectivity index (χ1) is 33.5. The Balaban J connectivity index is 0.000000172. The van der Waals surface area contributed by atoms with Crippen LogP contribution in [0.2, 0.25) is 10.0 Å². The molecule has 2 saturated carbocycles. The Kier molecular flexibility index (Phi) is 15.2. The van der Waals surface area contributed by atoms with Gasteiger partial charge in [0.1, 0.15) is 11.6 Å². The molecule has 4 heterocycles. The summed E-state index contributed by atoms with van der Waals surface area (Å²) in [5, 5.41) is 4.59. The minimum atomic E-state index is -0.489. The molecule has 4 aromatic carbocycles. The zero-order valence-corrected chi connectivity index (χ0v) is 41.2. The van der Waals surface area contributed by atoms with Gasteiger partial charge in [0.15, 0.2) is 0 Å². The normalized spacial score (nSPS) is 17.7. The van der Waals surface area contributed by atoms with E-state index >= 15 is 0 Å². The Labute approximate surface area is 417 Å². The molecule has 2 aliphatic heterocycles. The third kappa shape index (κ3) is 11.6. The number of amides is 2. The molecule has 0 atom stereocenters. The molecule has 2 amide bonds. The van der Waals surface area contributed by atoms with Crippen LogP contribution in [0.3, 0.4) is 0 Å². The van der Waals surface area contributed by atoms with Crippen molar-refractivity contribution in [2.75, 3.05) is 33.2 Å². The van der Waals surface area contributed by atoms with E-state index in [0.717, 1.165) is 96.9 Å². The number of nitrogens with two attached hydrogens (primary N) is 2. The van der Waals surface area contributed by atoms with Crippen LogP contribution in [0, 0.1) is 0 Å². The molecule has 0 spiro atoms. The number of primary amides is 2. The Morgan fingerprint density at radius 1 is 0.594 bits per heavy atom. The number of benzene rings is 4. The molecule has 4 fully saturated rings. The quantitative estimate of drug-likeness (QED) is 0.0868. The third-order valence-corrected chi connectivity index (χ3v) is 15.8. The zero-order valence-electron chi connectivity index (χ0n) is 39.7. The molecule has 6 aromatic rings. The summed E-state index contributed by atoms with van der Waals surface area (Å²) in [7, 11) is 2.20. The lowest BCUT2D eigenvalue weighted by Crippen LogP contribution is -2.29. The molecule has 0 bridgehead atoms. The van der Waals surface area contributed by atoms with E-state index < -0.39 is 10.8 Å². The van der Waals surface area contributed by atoms with E-state index in [-0.39, 0.29) is 11.8 Å². The van der Waals surface area contributed by atoms with Gasteiger partial charge in [-0.05, 0) is 167 Å². The number of nitrogens with one attached hydrogen (secondary N) is 1. The van der Waals surface area contributed by atoms with Crippen molar-refractivity contribution >= 4 is 35.0 Å². The van der Waals surface area contributed by atoms with Crippen molar-refractivity contribution in [3.8, 4) is 0 Å². The van der Waals surface area contributed by atoms with Gasteiger partial charge in [0.2, 0.25) is 11.8 Å². The molecule has 0 radical (unpaired) electrons. The number of likely N-dealkylation sites (tertiary alicyclic amines) is 1. The number of hydrogen-bond donors (Lipinski definition) is 3.